The van der Waals surface area contributed by atoms with Crippen LogP contribution in [-0.2, 0) is 16.0 Å². The summed E-state index contributed by atoms with van der Waals surface area (Å²) in [5.41, 5.74) is 1.40. The Morgan fingerprint density at radius 2 is 1.83 bits per heavy atom. The van der Waals surface area contributed by atoms with E-state index in [1.807, 2.05) is 0 Å². The van der Waals surface area contributed by atoms with Crippen LogP contribution in [-0.4, -0.2) is 24.6 Å². The summed E-state index contributed by atoms with van der Waals surface area (Å²) < 4.78 is 4.89. The Labute approximate surface area is 106 Å². The zero-order valence-corrected chi connectivity index (χ0v) is 10.6. The van der Waals surface area contributed by atoms with Gasteiger partial charge in [0.15, 0.2) is 5.78 Å². The van der Waals surface area contributed by atoms with E-state index in [-0.39, 0.29) is 18.8 Å². The molecule has 0 unspecified atom stereocenters. The highest BCUT2D eigenvalue weighted by Crippen LogP contribution is 2.14. The van der Waals surface area contributed by atoms with E-state index >= 15 is 0 Å². The monoisotopic (exact) mass is 248 g/mol. The molecular weight excluding hydrogens is 232 g/mol. The fraction of sp³-hybridized carbons (Fsp3) is 0.357. The Bertz CT molecular complexity index is 463. The first-order valence-corrected chi connectivity index (χ1v) is 5.90. The number of carbonyl (C=O) groups is 3. The number of hydrogen-bond donors (Lipinski definition) is 0. The SMILES string of the molecule is CCOC(=O)c1cc(CC=O)cc(C(=O)CC)c1. The molecule has 0 aliphatic heterocycles. The van der Waals surface area contributed by atoms with Crippen molar-refractivity contribution in [2.24, 2.45) is 0 Å². The van der Waals surface area contributed by atoms with Crippen molar-refractivity contribution in [1.82, 2.24) is 0 Å². The minimum Gasteiger partial charge on any atom is -0.462 e. The number of carbonyl (C=O) groups excluding carboxylic acids is 3. The lowest BCUT2D eigenvalue weighted by molar-refractivity contribution is -0.107. The van der Waals surface area contributed by atoms with E-state index in [1.165, 1.54) is 6.07 Å². The van der Waals surface area contributed by atoms with E-state index in [0.717, 1.165) is 6.29 Å². The van der Waals surface area contributed by atoms with Gasteiger partial charge in [-0.25, -0.2) is 4.79 Å². The molecule has 4 heteroatoms. The van der Waals surface area contributed by atoms with Gasteiger partial charge in [0.25, 0.3) is 0 Å². The predicted octanol–water partition coefficient (Wildman–Crippen LogP) is 2.20. The zero-order chi connectivity index (χ0) is 13.5. The molecule has 96 valence electrons. The summed E-state index contributed by atoms with van der Waals surface area (Å²) in [5, 5.41) is 0. The molecule has 1 aromatic rings. The predicted molar refractivity (Wildman–Crippen MR) is 66.8 cm³/mol. The second-order valence-corrected chi connectivity index (χ2v) is 3.79. The maximum Gasteiger partial charge on any atom is 0.338 e. The van der Waals surface area contributed by atoms with Crippen LogP contribution in [0.5, 0.6) is 0 Å². The van der Waals surface area contributed by atoms with Crippen LogP contribution in [0, 0.1) is 0 Å². The number of Topliss-reactive ketones (excluding diaryl/α,β-unsaturated/α-hetero) is 1. The first-order valence-electron chi connectivity index (χ1n) is 5.90. The van der Waals surface area contributed by atoms with Gasteiger partial charge in [0.2, 0.25) is 0 Å². The smallest absolute Gasteiger partial charge is 0.338 e. The lowest BCUT2D eigenvalue weighted by Crippen LogP contribution is -2.08. The number of aldehydes is 1. The standard InChI is InChI=1S/C14H16O4/c1-3-13(16)11-7-10(5-6-15)8-12(9-11)14(17)18-4-2/h6-9H,3-5H2,1-2H3. The van der Waals surface area contributed by atoms with Gasteiger partial charge in [-0.1, -0.05) is 6.92 Å². The van der Waals surface area contributed by atoms with Crippen LogP contribution < -0.4 is 0 Å². The molecule has 0 amide bonds. The molecule has 4 nitrogen and oxygen atoms in total. The fourth-order valence-corrected chi connectivity index (χ4v) is 1.60. The van der Waals surface area contributed by atoms with E-state index in [0.29, 0.717) is 23.1 Å². The molecule has 0 spiro atoms. The summed E-state index contributed by atoms with van der Waals surface area (Å²) in [6.45, 7) is 3.73. The lowest BCUT2D eigenvalue weighted by Gasteiger charge is -2.07. The summed E-state index contributed by atoms with van der Waals surface area (Å²) in [5.74, 6) is -0.538. The third kappa shape index (κ3) is 3.52. The number of ketones is 1. The molecule has 0 saturated heterocycles. The van der Waals surface area contributed by atoms with Gasteiger partial charge < -0.3 is 9.53 Å². The Hall–Kier alpha value is -1.97. The zero-order valence-electron chi connectivity index (χ0n) is 10.6. The highest BCUT2D eigenvalue weighted by atomic mass is 16.5. The topological polar surface area (TPSA) is 60.4 Å². The third-order valence-electron chi connectivity index (χ3n) is 2.47. The van der Waals surface area contributed by atoms with Gasteiger partial charge in [-0.15, -0.1) is 0 Å². The van der Waals surface area contributed by atoms with Crippen molar-refractivity contribution in [2.45, 2.75) is 26.7 Å². The van der Waals surface area contributed by atoms with Gasteiger partial charge in [-0.3, -0.25) is 4.79 Å². The molecule has 0 aromatic heterocycles. The van der Waals surface area contributed by atoms with Crippen molar-refractivity contribution < 1.29 is 19.1 Å². The molecule has 0 radical (unpaired) electrons. The second-order valence-electron chi connectivity index (χ2n) is 3.79. The minimum atomic E-state index is -0.476. The van der Waals surface area contributed by atoms with Gasteiger partial charge in [-0.05, 0) is 30.7 Å². The number of hydrogen-bond acceptors (Lipinski definition) is 4. The van der Waals surface area contributed by atoms with Crippen molar-refractivity contribution in [3.63, 3.8) is 0 Å². The quantitative estimate of drug-likeness (QED) is 0.440. The van der Waals surface area contributed by atoms with Crippen LogP contribution in [0.25, 0.3) is 0 Å². The van der Waals surface area contributed by atoms with Crippen molar-refractivity contribution in [3.05, 3.63) is 34.9 Å². The molecule has 0 aliphatic rings. The van der Waals surface area contributed by atoms with Gasteiger partial charge in [-0.2, -0.15) is 0 Å². The Kier molecular flexibility index (Phi) is 5.24. The second kappa shape index (κ2) is 6.69. The van der Waals surface area contributed by atoms with E-state index < -0.39 is 5.97 Å². The average Bonchev–Trinajstić information content (AvgIpc) is 2.38. The number of esters is 1. The van der Waals surface area contributed by atoms with Crippen molar-refractivity contribution in [3.8, 4) is 0 Å². The van der Waals surface area contributed by atoms with Gasteiger partial charge in [0.05, 0.1) is 12.2 Å². The van der Waals surface area contributed by atoms with Crippen LogP contribution in [0.3, 0.4) is 0 Å². The van der Waals surface area contributed by atoms with Crippen LogP contribution in [0.2, 0.25) is 0 Å². The average molecular weight is 248 g/mol. The summed E-state index contributed by atoms with van der Waals surface area (Å²) in [6.07, 6.45) is 1.27. The van der Waals surface area contributed by atoms with Crippen molar-refractivity contribution >= 4 is 18.0 Å². The summed E-state index contributed by atoms with van der Waals surface area (Å²) >= 11 is 0. The Morgan fingerprint density at radius 3 is 2.39 bits per heavy atom. The molecule has 0 atom stereocenters. The minimum absolute atomic E-state index is 0.0618. The molecular formula is C14H16O4. The molecule has 0 bridgehead atoms. The van der Waals surface area contributed by atoms with Crippen LogP contribution >= 0.6 is 0 Å². The highest BCUT2D eigenvalue weighted by molar-refractivity contribution is 5.99. The molecule has 1 rings (SSSR count). The maximum atomic E-state index is 11.7. The molecule has 0 saturated carbocycles. The number of ether oxygens (including phenoxy) is 1. The molecule has 0 N–H and O–H groups in total. The van der Waals surface area contributed by atoms with Gasteiger partial charge >= 0.3 is 5.97 Å². The largest absolute Gasteiger partial charge is 0.462 e. The molecule has 1 aromatic carbocycles. The highest BCUT2D eigenvalue weighted by Gasteiger charge is 2.12. The number of rotatable bonds is 6. The van der Waals surface area contributed by atoms with Gasteiger partial charge in [0.1, 0.15) is 6.29 Å². The fourth-order valence-electron chi connectivity index (χ4n) is 1.60. The first-order chi connectivity index (χ1) is 8.62. The molecule has 18 heavy (non-hydrogen) atoms. The van der Waals surface area contributed by atoms with E-state index in [4.69, 9.17) is 4.74 Å². The molecule has 0 fully saturated rings. The summed E-state index contributed by atoms with van der Waals surface area (Å²) in [7, 11) is 0. The van der Waals surface area contributed by atoms with Crippen LogP contribution in [0.1, 0.15) is 46.5 Å². The van der Waals surface area contributed by atoms with Crippen LogP contribution in [0.15, 0.2) is 18.2 Å². The van der Waals surface area contributed by atoms with Crippen molar-refractivity contribution in [1.29, 1.82) is 0 Å². The Balaban J connectivity index is 3.16. The first kappa shape index (κ1) is 14.1. The molecule has 0 heterocycles. The number of benzene rings is 1. The molecule has 0 aliphatic carbocycles. The van der Waals surface area contributed by atoms with E-state index in [9.17, 15) is 14.4 Å². The van der Waals surface area contributed by atoms with E-state index in [2.05, 4.69) is 0 Å². The summed E-state index contributed by atoms with van der Waals surface area (Å²) in [6, 6.07) is 4.74. The third-order valence-corrected chi connectivity index (χ3v) is 2.47. The van der Waals surface area contributed by atoms with Crippen molar-refractivity contribution in [2.75, 3.05) is 6.61 Å². The van der Waals surface area contributed by atoms with Crippen LogP contribution in [0.4, 0.5) is 0 Å². The van der Waals surface area contributed by atoms with Gasteiger partial charge in [0, 0.05) is 18.4 Å². The normalized spacial score (nSPS) is 9.89. The Morgan fingerprint density at radius 1 is 1.17 bits per heavy atom. The summed E-state index contributed by atoms with van der Waals surface area (Å²) in [4.78, 5) is 33.8. The maximum absolute atomic E-state index is 11.7. The van der Waals surface area contributed by atoms with E-state index in [1.54, 1.807) is 26.0 Å². The lowest BCUT2D eigenvalue weighted by atomic mass is 10.0.